The van der Waals surface area contributed by atoms with Crippen LogP contribution < -0.4 is 5.32 Å². The largest absolute Gasteiger partial charge is 0.339 e. The third-order valence-electron chi connectivity index (χ3n) is 1.85. The van der Waals surface area contributed by atoms with Crippen LogP contribution in [0.15, 0.2) is 39.7 Å². The summed E-state index contributed by atoms with van der Waals surface area (Å²) in [5, 5.41) is 3.05. The van der Waals surface area contributed by atoms with Crippen LogP contribution in [0, 0.1) is 5.82 Å². The van der Waals surface area contributed by atoms with Crippen LogP contribution in [0.1, 0.15) is 0 Å². The second-order valence-corrected chi connectivity index (χ2v) is 4.68. The SMILES string of the molecule is Fc1ccc(Nc2ncncc2Br)cc1Br. The number of aromatic nitrogens is 2. The molecule has 3 nitrogen and oxygen atoms in total. The van der Waals surface area contributed by atoms with Crippen LogP contribution >= 0.6 is 31.9 Å². The maximum absolute atomic E-state index is 13.0. The average Bonchev–Trinajstić information content (AvgIpc) is 2.27. The molecular weight excluding hydrogens is 341 g/mol. The van der Waals surface area contributed by atoms with Gasteiger partial charge in [0.2, 0.25) is 0 Å². The highest BCUT2D eigenvalue weighted by Crippen LogP contribution is 2.25. The van der Waals surface area contributed by atoms with Crippen LogP contribution in [0.4, 0.5) is 15.9 Å². The number of anilines is 2. The van der Waals surface area contributed by atoms with Crippen molar-refractivity contribution in [3.63, 3.8) is 0 Å². The van der Waals surface area contributed by atoms with Gasteiger partial charge in [-0.25, -0.2) is 14.4 Å². The first-order valence-electron chi connectivity index (χ1n) is 4.34. The zero-order valence-electron chi connectivity index (χ0n) is 7.92. The molecule has 0 bridgehead atoms. The standard InChI is InChI=1S/C10H6Br2FN3/c11-7-3-6(1-2-9(7)13)16-10-8(12)4-14-5-15-10/h1-5H,(H,14,15,16). The highest BCUT2D eigenvalue weighted by atomic mass is 79.9. The van der Waals surface area contributed by atoms with Crippen molar-refractivity contribution in [2.75, 3.05) is 5.32 Å². The van der Waals surface area contributed by atoms with Crippen LogP contribution in [-0.4, -0.2) is 9.97 Å². The predicted octanol–water partition coefficient (Wildman–Crippen LogP) is 3.88. The van der Waals surface area contributed by atoms with Gasteiger partial charge >= 0.3 is 0 Å². The minimum Gasteiger partial charge on any atom is -0.339 e. The molecule has 16 heavy (non-hydrogen) atoms. The lowest BCUT2D eigenvalue weighted by atomic mass is 10.3. The summed E-state index contributed by atoms with van der Waals surface area (Å²) >= 11 is 6.43. The molecule has 2 aromatic rings. The lowest BCUT2D eigenvalue weighted by Gasteiger charge is -2.07. The van der Waals surface area contributed by atoms with Crippen LogP contribution in [0.25, 0.3) is 0 Å². The van der Waals surface area contributed by atoms with E-state index in [0.717, 1.165) is 10.2 Å². The smallest absolute Gasteiger partial charge is 0.148 e. The Morgan fingerprint density at radius 3 is 2.69 bits per heavy atom. The Kier molecular flexibility index (Phi) is 3.50. The first-order chi connectivity index (χ1) is 7.66. The van der Waals surface area contributed by atoms with Gasteiger partial charge in [-0.1, -0.05) is 0 Å². The Hall–Kier alpha value is -1.01. The summed E-state index contributed by atoms with van der Waals surface area (Å²) in [6, 6.07) is 4.65. The van der Waals surface area contributed by atoms with Gasteiger partial charge in [0.25, 0.3) is 0 Å². The van der Waals surface area contributed by atoms with Crippen LogP contribution in [0.2, 0.25) is 0 Å². The summed E-state index contributed by atoms with van der Waals surface area (Å²) in [4.78, 5) is 7.90. The molecule has 82 valence electrons. The van der Waals surface area contributed by atoms with Gasteiger partial charge in [-0.2, -0.15) is 0 Å². The zero-order valence-corrected chi connectivity index (χ0v) is 11.1. The van der Waals surface area contributed by atoms with E-state index in [2.05, 4.69) is 47.1 Å². The average molecular weight is 347 g/mol. The molecule has 0 amide bonds. The van der Waals surface area contributed by atoms with E-state index in [9.17, 15) is 4.39 Å². The number of benzene rings is 1. The molecule has 1 aromatic carbocycles. The van der Waals surface area contributed by atoms with E-state index in [4.69, 9.17) is 0 Å². The molecule has 0 radical (unpaired) electrons. The second kappa shape index (κ2) is 4.88. The normalized spacial score (nSPS) is 10.2. The van der Waals surface area contributed by atoms with Gasteiger partial charge in [-0.3, -0.25) is 0 Å². The Balaban J connectivity index is 2.28. The molecule has 0 atom stereocenters. The molecule has 0 aliphatic rings. The highest BCUT2D eigenvalue weighted by Gasteiger charge is 2.03. The van der Waals surface area contributed by atoms with Crippen molar-refractivity contribution in [3.8, 4) is 0 Å². The number of halogens is 3. The molecule has 1 aromatic heterocycles. The van der Waals surface area contributed by atoms with Crippen molar-refractivity contribution >= 4 is 43.4 Å². The fraction of sp³-hybridized carbons (Fsp3) is 0. The van der Waals surface area contributed by atoms with Crippen molar-refractivity contribution in [1.29, 1.82) is 0 Å². The summed E-state index contributed by atoms with van der Waals surface area (Å²) in [5.74, 6) is 0.334. The monoisotopic (exact) mass is 345 g/mol. The Labute approximate surface area is 108 Å². The van der Waals surface area contributed by atoms with E-state index in [1.54, 1.807) is 18.3 Å². The lowest BCUT2D eigenvalue weighted by molar-refractivity contribution is 0.621. The minimum atomic E-state index is -0.299. The van der Waals surface area contributed by atoms with Crippen molar-refractivity contribution in [3.05, 3.63) is 45.5 Å². The van der Waals surface area contributed by atoms with E-state index in [1.807, 2.05) is 0 Å². The first-order valence-corrected chi connectivity index (χ1v) is 5.93. The number of hydrogen-bond acceptors (Lipinski definition) is 3. The van der Waals surface area contributed by atoms with Crippen molar-refractivity contribution in [2.45, 2.75) is 0 Å². The molecule has 0 saturated carbocycles. The van der Waals surface area contributed by atoms with Crippen molar-refractivity contribution < 1.29 is 4.39 Å². The van der Waals surface area contributed by atoms with Crippen LogP contribution in [-0.2, 0) is 0 Å². The molecule has 6 heteroatoms. The molecule has 0 aliphatic carbocycles. The summed E-state index contributed by atoms with van der Waals surface area (Å²) < 4.78 is 14.2. The molecular formula is C10H6Br2FN3. The highest BCUT2D eigenvalue weighted by molar-refractivity contribution is 9.10. The third-order valence-corrected chi connectivity index (χ3v) is 3.04. The Bertz CT molecular complexity index is 519. The zero-order chi connectivity index (χ0) is 11.5. The van der Waals surface area contributed by atoms with Gasteiger partial charge < -0.3 is 5.32 Å². The fourth-order valence-electron chi connectivity index (χ4n) is 1.12. The maximum atomic E-state index is 13.0. The second-order valence-electron chi connectivity index (χ2n) is 2.97. The lowest BCUT2D eigenvalue weighted by Crippen LogP contribution is -1.95. The molecule has 0 fully saturated rings. The molecule has 0 aliphatic heterocycles. The Morgan fingerprint density at radius 1 is 1.19 bits per heavy atom. The summed E-state index contributed by atoms with van der Waals surface area (Å²) in [6.45, 7) is 0. The first kappa shape index (κ1) is 11.5. The third kappa shape index (κ3) is 2.56. The predicted molar refractivity (Wildman–Crippen MR) is 67.1 cm³/mol. The van der Waals surface area contributed by atoms with Gasteiger partial charge in [0, 0.05) is 11.9 Å². The van der Waals surface area contributed by atoms with E-state index in [1.165, 1.54) is 12.4 Å². The Morgan fingerprint density at radius 2 is 2.00 bits per heavy atom. The summed E-state index contributed by atoms with van der Waals surface area (Å²) in [6.07, 6.45) is 3.07. The van der Waals surface area contributed by atoms with E-state index >= 15 is 0 Å². The van der Waals surface area contributed by atoms with E-state index in [-0.39, 0.29) is 5.82 Å². The van der Waals surface area contributed by atoms with Crippen LogP contribution in [0.3, 0.4) is 0 Å². The quantitative estimate of drug-likeness (QED) is 0.896. The molecule has 1 heterocycles. The minimum absolute atomic E-state index is 0.299. The van der Waals surface area contributed by atoms with Gasteiger partial charge in [0.15, 0.2) is 0 Å². The summed E-state index contributed by atoms with van der Waals surface area (Å²) in [7, 11) is 0. The van der Waals surface area contributed by atoms with Gasteiger partial charge in [-0.15, -0.1) is 0 Å². The topological polar surface area (TPSA) is 37.8 Å². The maximum Gasteiger partial charge on any atom is 0.148 e. The molecule has 2 rings (SSSR count). The van der Waals surface area contributed by atoms with Crippen LogP contribution in [0.5, 0.6) is 0 Å². The van der Waals surface area contributed by atoms with Crippen molar-refractivity contribution in [2.24, 2.45) is 0 Å². The number of nitrogens with one attached hydrogen (secondary N) is 1. The molecule has 0 spiro atoms. The molecule has 0 unspecified atom stereocenters. The molecule has 1 N–H and O–H groups in total. The van der Waals surface area contributed by atoms with Gasteiger partial charge in [0.05, 0.1) is 8.95 Å². The number of rotatable bonds is 2. The summed E-state index contributed by atoms with van der Waals surface area (Å²) in [5.41, 5.74) is 0.743. The van der Waals surface area contributed by atoms with Gasteiger partial charge in [-0.05, 0) is 50.1 Å². The number of nitrogens with zero attached hydrogens (tertiary/aromatic N) is 2. The van der Waals surface area contributed by atoms with E-state index < -0.39 is 0 Å². The van der Waals surface area contributed by atoms with Gasteiger partial charge in [0.1, 0.15) is 18.0 Å². The fourth-order valence-corrected chi connectivity index (χ4v) is 1.81. The number of hydrogen-bond donors (Lipinski definition) is 1. The molecule has 0 saturated heterocycles. The van der Waals surface area contributed by atoms with Crippen molar-refractivity contribution in [1.82, 2.24) is 9.97 Å². The van der Waals surface area contributed by atoms with E-state index in [0.29, 0.717) is 10.3 Å².